The second kappa shape index (κ2) is 6.45. The molecule has 0 aromatic carbocycles. The summed E-state index contributed by atoms with van der Waals surface area (Å²) in [5.41, 5.74) is 8.85. The highest BCUT2D eigenvalue weighted by atomic mass is 32.2. The number of nitrogens with two attached hydrogens (primary N) is 1. The topological polar surface area (TPSA) is 56.0 Å². The highest BCUT2D eigenvalue weighted by molar-refractivity contribution is 8.13. The van der Waals surface area contributed by atoms with Crippen molar-refractivity contribution in [1.82, 2.24) is 4.98 Å². The Labute approximate surface area is 107 Å². The van der Waals surface area contributed by atoms with Gasteiger partial charge in [-0.1, -0.05) is 23.9 Å². The standard InChI is InChI=1S/C13H18N2OS/c1-9-8-13(14)15-10(2)12(9)6-4-5-7-17-11(3)16/h4,6,8H,5,7H2,1-3H3,(H2,14,15). The van der Waals surface area contributed by atoms with Crippen molar-refractivity contribution in [2.24, 2.45) is 0 Å². The lowest BCUT2D eigenvalue weighted by molar-refractivity contribution is -0.109. The van der Waals surface area contributed by atoms with E-state index < -0.39 is 0 Å². The SMILES string of the molecule is CC(=O)SCCC=Cc1c(C)cc(N)nc1C. The molecule has 1 aromatic rings. The van der Waals surface area contributed by atoms with Crippen LogP contribution in [0.15, 0.2) is 12.1 Å². The molecule has 92 valence electrons. The van der Waals surface area contributed by atoms with Crippen LogP contribution in [0.5, 0.6) is 0 Å². The Kier molecular flexibility index (Phi) is 5.22. The van der Waals surface area contributed by atoms with Crippen molar-refractivity contribution in [3.8, 4) is 0 Å². The van der Waals surface area contributed by atoms with Crippen LogP contribution in [-0.2, 0) is 4.79 Å². The monoisotopic (exact) mass is 250 g/mol. The molecule has 2 N–H and O–H groups in total. The number of rotatable bonds is 4. The van der Waals surface area contributed by atoms with E-state index in [9.17, 15) is 4.79 Å². The van der Waals surface area contributed by atoms with Gasteiger partial charge in [-0.3, -0.25) is 4.79 Å². The van der Waals surface area contributed by atoms with Crippen molar-refractivity contribution in [3.63, 3.8) is 0 Å². The summed E-state index contributed by atoms with van der Waals surface area (Å²) >= 11 is 1.35. The van der Waals surface area contributed by atoms with Crippen LogP contribution >= 0.6 is 11.8 Å². The molecule has 3 nitrogen and oxygen atoms in total. The number of aryl methyl sites for hydroxylation is 2. The number of carbonyl (C=O) groups excluding carboxylic acids is 1. The first-order valence-corrected chi connectivity index (χ1v) is 6.53. The molecule has 0 spiro atoms. The number of anilines is 1. The summed E-state index contributed by atoms with van der Waals surface area (Å²) in [5.74, 6) is 1.39. The van der Waals surface area contributed by atoms with Gasteiger partial charge in [-0.25, -0.2) is 4.98 Å². The maximum Gasteiger partial charge on any atom is 0.185 e. The fraction of sp³-hybridized carbons (Fsp3) is 0.385. The molecule has 0 amide bonds. The maximum absolute atomic E-state index is 10.7. The van der Waals surface area contributed by atoms with Gasteiger partial charge in [-0.2, -0.15) is 0 Å². The van der Waals surface area contributed by atoms with Gasteiger partial charge < -0.3 is 5.73 Å². The minimum Gasteiger partial charge on any atom is -0.384 e. The zero-order valence-corrected chi connectivity index (χ0v) is 11.3. The number of thioether (sulfide) groups is 1. The molecule has 0 aliphatic carbocycles. The van der Waals surface area contributed by atoms with E-state index in [4.69, 9.17) is 5.73 Å². The van der Waals surface area contributed by atoms with E-state index in [1.165, 1.54) is 11.8 Å². The molecule has 17 heavy (non-hydrogen) atoms. The fourth-order valence-corrected chi connectivity index (χ4v) is 2.14. The Morgan fingerprint density at radius 2 is 2.24 bits per heavy atom. The quantitative estimate of drug-likeness (QED) is 0.835. The van der Waals surface area contributed by atoms with Crippen LogP contribution in [0.1, 0.15) is 30.2 Å². The van der Waals surface area contributed by atoms with Gasteiger partial charge in [0.2, 0.25) is 0 Å². The van der Waals surface area contributed by atoms with Crippen molar-refractivity contribution in [3.05, 3.63) is 29.0 Å². The van der Waals surface area contributed by atoms with E-state index in [0.717, 1.165) is 29.0 Å². The number of hydrogen-bond donors (Lipinski definition) is 1. The molecule has 0 unspecified atom stereocenters. The molecule has 1 aromatic heterocycles. The number of aromatic nitrogens is 1. The van der Waals surface area contributed by atoms with E-state index >= 15 is 0 Å². The molecule has 1 rings (SSSR count). The first kappa shape index (κ1) is 13.8. The summed E-state index contributed by atoms with van der Waals surface area (Å²) < 4.78 is 0. The fourth-order valence-electron chi connectivity index (χ4n) is 1.59. The minimum atomic E-state index is 0.167. The van der Waals surface area contributed by atoms with Crippen molar-refractivity contribution in [1.29, 1.82) is 0 Å². The lowest BCUT2D eigenvalue weighted by atomic mass is 10.1. The van der Waals surface area contributed by atoms with E-state index in [1.54, 1.807) is 6.92 Å². The highest BCUT2D eigenvalue weighted by Crippen LogP contribution is 2.16. The Morgan fingerprint density at radius 1 is 1.53 bits per heavy atom. The largest absolute Gasteiger partial charge is 0.384 e. The number of pyridine rings is 1. The van der Waals surface area contributed by atoms with Gasteiger partial charge in [0.05, 0.1) is 0 Å². The molecule has 0 saturated heterocycles. The second-order valence-electron chi connectivity index (χ2n) is 3.89. The molecule has 0 saturated carbocycles. The van der Waals surface area contributed by atoms with Gasteiger partial charge in [0.1, 0.15) is 5.82 Å². The zero-order valence-electron chi connectivity index (χ0n) is 10.5. The summed E-state index contributed by atoms with van der Waals surface area (Å²) in [6.07, 6.45) is 5.01. The van der Waals surface area contributed by atoms with E-state index in [-0.39, 0.29) is 5.12 Å². The van der Waals surface area contributed by atoms with E-state index in [1.807, 2.05) is 19.9 Å². The van der Waals surface area contributed by atoms with Gasteiger partial charge in [0, 0.05) is 18.4 Å². The van der Waals surface area contributed by atoms with Gasteiger partial charge in [-0.05, 0) is 37.5 Å². The molecule has 4 heteroatoms. The second-order valence-corrected chi connectivity index (χ2v) is 5.17. The number of carbonyl (C=O) groups is 1. The van der Waals surface area contributed by atoms with Crippen LogP contribution < -0.4 is 5.73 Å². The molecule has 0 aliphatic rings. The predicted octanol–water partition coefficient (Wildman–Crippen LogP) is 2.96. The zero-order chi connectivity index (χ0) is 12.8. The summed E-state index contributed by atoms with van der Waals surface area (Å²) in [4.78, 5) is 15.0. The summed E-state index contributed by atoms with van der Waals surface area (Å²) in [7, 11) is 0. The average Bonchev–Trinajstić information content (AvgIpc) is 2.20. The van der Waals surface area contributed by atoms with Crippen molar-refractivity contribution in [2.75, 3.05) is 11.5 Å². The third kappa shape index (κ3) is 4.61. The summed E-state index contributed by atoms with van der Waals surface area (Å²) in [6, 6.07) is 1.87. The molecule has 0 fully saturated rings. The van der Waals surface area contributed by atoms with E-state index in [2.05, 4.69) is 17.1 Å². The van der Waals surface area contributed by atoms with Crippen molar-refractivity contribution >= 4 is 28.8 Å². The van der Waals surface area contributed by atoms with Crippen LogP contribution in [0.2, 0.25) is 0 Å². The van der Waals surface area contributed by atoms with Crippen LogP contribution in [0.25, 0.3) is 6.08 Å². The molecule has 1 heterocycles. The average molecular weight is 250 g/mol. The predicted molar refractivity (Wildman–Crippen MR) is 74.9 cm³/mol. The molecular weight excluding hydrogens is 232 g/mol. The number of hydrogen-bond acceptors (Lipinski definition) is 4. The van der Waals surface area contributed by atoms with E-state index in [0.29, 0.717) is 5.82 Å². The number of nitrogen functional groups attached to an aromatic ring is 1. The lowest BCUT2D eigenvalue weighted by Gasteiger charge is -2.05. The van der Waals surface area contributed by atoms with Gasteiger partial charge in [-0.15, -0.1) is 0 Å². The van der Waals surface area contributed by atoms with Gasteiger partial charge in [0.15, 0.2) is 5.12 Å². The van der Waals surface area contributed by atoms with Crippen molar-refractivity contribution < 1.29 is 4.79 Å². The Hall–Kier alpha value is -1.29. The number of allylic oxidation sites excluding steroid dienone is 1. The van der Waals surface area contributed by atoms with Crippen LogP contribution in [0.4, 0.5) is 5.82 Å². The van der Waals surface area contributed by atoms with Gasteiger partial charge in [0.25, 0.3) is 0 Å². The molecule has 0 atom stereocenters. The normalized spacial score (nSPS) is 11.0. The Morgan fingerprint density at radius 3 is 2.82 bits per heavy atom. The first-order chi connectivity index (χ1) is 8.00. The third-order valence-corrected chi connectivity index (χ3v) is 3.20. The number of nitrogens with zero attached hydrogens (tertiary/aromatic N) is 1. The third-order valence-electron chi connectivity index (χ3n) is 2.35. The van der Waals surface area contributed by atoms with Crippen molar-refractivity contribution in [2.45, 2.75) is 27.2 Å². The Balaban J connectivity index is 2.62. The van der Waals surface area contributed by atoms with Crippen LogP contribution in [-0.4, -0.2) is 15.9 Å². The first-order valence-electron chi connectivity index (χ1n) is 5.54. The molecular formula is C13H18N2OS. The molecule has 0 aliphatic heterocycles. The van der Waals surface area contributed by atoms with Crippen LogP contribution in [0.3, 0.4) is 0 Å². The summed E-state index contributed by atoms with van der Waals surface area (Å²) in [5, 5.41) is 0.167. The Bertz CT molecular complexity index is 418. The summed E-state index contributed by atoms with van der Waals surface area (Å²) in [6.45, 7) is 5.56. The maximum atomic E-state index is 10.7. The van der Waals surface area contributed by atoms with Gasteiger partial charge >= 0.3 is 0 Å². The molecule has 0 radical (unpaired) electrons. The molecule has 0 bridgehead atoms. The van der Waals surface area contributed by atoms with Crippen LogP contribution in [0, 0.1) is 13.8 Å². The minimum absolute atomic E-state index is 0.167. The highest BCUT2D eigenvalue weighted by Gasteiger charge is 2.01. The smallest absolute Gasteiger partial charge is 0.185 e. The lowest BCUT2D eigenvalue weighted by Crippen LogP contribution is -1.97.